The van der Waals surface area contributed by atoms with Crippen LogP contribution in [0.3, 0.4) is 0 Å². The molecule has 0 saturated carbocycles. The molecular weight excluding hydrogens is 176 g/mol. The molecule has 1 aromatic rings. The molecule has 0 unspecified atom stereocenters. The van der Waals surface area contributed by atoms with Crippen molar-refractivity contribution >= 4 is 24.0 Å². The van der Waals surface area contributed by atoms with Crippen molar-refractivity contribution in [1.82, 2.24) is 0 Å². The molecule has 0 saturated heterocycles. The van der Waals surface area contributed by atoms with Gasteiger partial charge in [0, 0.05) is 5.02 Å². The van der Waals surface area contributed by atoms with Gasteiger partial charge in [0.15, 0.2) is 6.29 Å². The zero-order valence-electron chi connectivity index (χ0n) is 6.25. The minimum Gasteiger partial charge on any atom is -0.507 e. The Bertz CT molecular complexity index is 298. The van der Waals surface area contributed by atoms with E-state index in [9.17, 15) is 9.90 Å². The van der Waals surface area contributed by atoms with Crippen molar-refractivity contribution in [3.05, 3.63) is 34.9 Å². The summed E-state index contributed by atoms with van der Waals surface area (Å²) in [5.74, 6) is -0.0794. The first-order valence-electron chi connectivity index (χ1n) is 3.29. The predicted molar refractivity (Wildman–Crippen MR) is 48.6 cm³/mol. The quantitative estimate of drug-likeness (QED) is 0.714. The first-order valence-corrected chi connectivity index (χ1v) is 3.67. The van der Waals surface area contributed by atoms with Crippen LogP contribution in [-0.2, 0) is 0 Å². The summed E-state index contributed by atoms with van der Waals surface area (Å²) in [5.41, 5.74) is 0.797. The second-order valence-corrected chi connectivity index (χ2v) is 2.66. The number of carbonyl (C=O) groups excluding carboxylic acids is 1. The fraction of sp³-hybridized carbons (Fsp3) is 0. The van der Waals surface area contributed by atoms with E-state index < -0.39 is 0 Å². The highest BCUT2D eigenvalue weighted by Gasteiger charge is 2.04. The molecule has 0 aliphatic carbocycles. The zero-order valence-corrected chi connectivity index (χ0v) is 7.01. The Morgan fingerprint density at radius 2 is 2.08 bits per heavy atom. The second kappa shape index (κ2) is 3.41. The summed E-state index contributed by atoms with van der Waals surface area (Å²) in [4.78, 5) is 10.3. The number of carbonyl (C=O) groups is 1. The van der Waals surface area contributed by atoms with Gasteiger partial charge in [-0.15, -0.1) is 0 Å². The second-order valence-electron chi connectivity index (χ2n) is 2.25. The molecule has 0 radical (unpaired) electrons. The molecule has 12 heavy (non-hydrogen) atoms. The molecule has 0 amide bonds. The summed E-state index contributed by atoms with van der Waals surface area (Å²) in [6.07, 6.45) is 2.06. The Morgan fingerprint density at radius 1 is 1.42 bits per heavy atom. The highest BCUT2D eigenvalue weighted by atomic mass is 35.5. The summed E-state index contributed by atoms with van der Waals surface area (Å²) >= 11 is 5.74. The number of hydrogen-bond acceptors (Lipinski definition) is 2. The zero-order chi connectivity index (χ0) is 9.14. The van der Waals surface area contributed by atoms with Crippen LogP contribution in [0.25, 0.3) is 6.08 Å². The molecular formula is C9H7ClO2. The molecule has 0 spiro atoms. The summed E-state index contributed by atoms with van der Waals surface area (Å²) in [6, 6.07) is 2.81. The van der Waals surface area contributed by atoms with Gasteiger partial charge in [-0.2, -0.15) is 0 Å². The van der Waals surface area contributed by atoms with Gasteiger partial charge in [-0.05, 0) is 17.7 Å². The van der Waals surface area contributed by atoms with Gasteiger partial charge in [0.2, 0.25) is 0 Å². The SMILES string of the molecule is C=Cc1cc(O)c(C=O)cc1Cl. The molecule has 1 N–H and O–H groups in total. The Morgan fingerprint density at radius 3 is 2.58 bits per heavy atom. The van der Waals surface area contributed by atoms with E-state index in [1.54, 1.807) is 0 Å². The maximum atomic E-state index is 10.3. The molecule has 0 aliphatic rings. The molecule has 0 bridgehead atoms. The molecule has 2 nitrogen and oxygen atoms in total. The minimum atomic E-state index is -0.0794. The van der Waals surface area contributed by atoms with E-state index in [4.69, 9.17) is 11.6 Å². The number of phenols is 1. The summed E-state index contributed by atoms with van der Waals surface area (Å²) in [7, 11) is 0. The van der Waals surface area contributed by atoms with E-state index in [1.165, 1.54) is 18.2 Å². The highest BCUT2D eigenvalue weighted by molar-refractivity contribution is 6.32. The lowest BCUT2D eigenvalue weighted by molar-refractivity contribution is 0.112. The van der Waals surface area contributed by atoms with Crippen LogP contribution in [0, 0.1) is 0 Å². The van der Waals surface area contributed by atoms with Gasteiger partial charge in [-0.3, -0.25) is 4.79 Å². The smallest absolute Gasteiger partial charge is 0.153 e. The van der Waals surface area contributed by atoms with Gasteiger partial charge in [0.05, 0.1) is 5.56 Å². The van der Waals surface area contributed by atoms with Crippen LogP contribution in [0.1, 0.15) is 15.9 Å². The molecule has 0 fully saturated rings. The third-order valence-electron chi connectivity index (χ3n) is 1.49. The van der Waals surface area contributed by atoms with Gasteiger partial charge in [0.25, 0.3) is 0 Å². The van der Waals surface area contributed by atoms with E-state index in [0.717, 1.165) is 0 Å². The number of benzene rings is 1. The fourth-order valence-electron chi connectivity index (χ4n) is 0.844. The van der Waals surface area contributed by atoms with Crippen LogP contribution < -0.4 is 0 Å². The van der Waals surface area contributed by atoms with Crippen LogP contribution in [0.5, 0.6) is 5.75 Å². The average molecular weight is 183 g/mol. The summed E-state index contributed by atoms with van der Waals surface area (Å²) in [5, 5.41) is 9.62. The fourth-order valence-corrected chi connectivity index (χ4v) is 1.09. The Balaban J connectivity index is 3.34. The number of hydrogen-bond donors (Lipinski definition) is 1. The standard InChI is InChI=1S/C9H7ClO2/c1-2-6-4-9(12)7(5-11)3-8(6)10/h2-5,12H,1H2. The van der Waals surface area contributed by atoms with Crippen molar-refractivity contribution in [3.8, 4) is 5.75 Å². The Kier molecular flexibility index (Phi) is 2.51. The summed E-state index contributed by atoms with van der Waals surface area (Å²) < 4.78 is 0. The largest absolute Gasteiger partial charge is 0.507 e. The number of aldehydes is 1. The third kappa shape index (κ3) is 1.48. The normalized spacial score (nSPS) is 9.42. The lowest BCUT2D eigenvalue weighted by atomic mass is 10.1. The molecule has 1 aromatic carbocycles. The van der Waals surface area contributed by atoms with Crippen molar-refractivity contribution in [3.63, 3.8) is 0 Å². The van der Waals surface area contributed by atoms with E-state index in [2.05, 4.69) is 6.58 Å². The van der Waals surface area contributed by atoms with Crippen LogP contribution in [-0.4, -0.2) is 11.4 Å². The van der Waals surface area contributed by atoms with Gasteiger partial charge >= 0.3 is 0 Å². The maximum Gasteiger partial charge on any atom is 0.153 e. The lowest BCUT2D eigenvalue weighted by Gasteiger charge is -2.01. The topological polar surface area (TPSA) is 37.3 Å². The molecule has 0 aliphatic heterocycles. The highest BCUT2D eigenvalue weighted by Crippen LogP contribution is 2.25. The molecule has 0 atom stereocenters. The molecule has 0 aromatic heterocycles. The van der Waals surface area contributed by atoms with Crippen LogP contribution >= 0.6 is 11.6 Å². The number of rotatable bonds is 2. The van der Waals surface area contributed by atoms with E-state index in [1.807, 2.05) is 0 Å². The van der Waals surface area contributed by atoms with Gasteiger partial charge in [0.1, 0.15) is 5.75 Å². The Hall–Kier alpha value is -1.28. The monoisotopic (exact) mass is 182 g/mol. The van der Waals surface area contributed by atoms with Crippen LogP contribution in [0.4, 0.5) is 0 Å². The van der Waals surface area contributed by atoms with E-state index in [-0.39, 0.29) is 11.3 Å². The van der Waals surface area contributed by atoms with Gasteiger partial charge in [-0.25, -0.2) is 0 Å². The minimum absolute atomic E-state index is 0.0794. The molecule has 0 heterocycles. The van der Waals surface area contributed by atoms with Gasteiger partial charge < -0.3 is 5.11 Å². The van der Waals surface area contributed by atoms with Crippen molar-refractivity contribution < 1.29 is 9.90 Å². The number of aromatic hydroxyl groups is 1. The van der Waals surface area contributed by atoms with Gasteiger partial charge in [-0.1, -0.05) is 24.3 Å². The van der Waals surface area contributed by atoms with Crippen molar-refractivity contribution in [1.29, 1.82) is 0 Å². The Labute approximate surface area is 75.1 Å². The first-order chi connectivity index (χ1) is 5.69. The van der Waals surface area contributed by atoms with Crippen LogP contribution in [0.2, 0.25) is 5.02 Å². The summed E-state index contributed by atoms with van der Waals surface area (Å²) in [6.45, 7) is 3.50. The van der Waals surface area contributed by atoms with Crippen molar-refractivity contribution in [2.24, 2.45) is 0 Å². The molecule has 1 rings (SSSR count). The first kappa shape index (κ1) is 8.81. The van der Waals surface area contributed by atoms with Crippen molar-refractivity contribution in [2.45, 2.75) is 0 Å². The van der Waals surface area contributed by atoms with E-state index >= 15 is 0 Å². The number of halogens is 1. The number of phenolic OH excluding ortho intramolecular Hbond substituents is 1. The third-order valence-corrected chi connectivity index (χ3v) is 1.82. The molecule has 3 heteroatoms. The van der Waals surface area contributed by atoms with E-state index in [0.29, 0.717) is 16.9 Å². The van der Waals surface area contributed by atoms with Crippen molar-refractivity contribution in [2.75, 3.05) is 0 Å². The average Bonchev–Trinajstić information content (AvgIpc) is 2.08. The van der Waals surface area contributed by atoms with Crippen LogP contribution in [0.15, 0.2) is 18.7 Å². The lowest BCUT2D eigenvalue weighted by Crippen LogP contribution is -1.83. The maximum absolute atomic E-state index is 10.3. The molecule has 62 valence electrons. The predicted octanol–water partition coefficient (Wildman–Crippen LogP) is 2.50.